The Balaban J connectivity index is 2.56. The minimum Gasteiger partial charge on any atom is -0.306 e. The number of pyridine rings is 1. The molecule has 0 saturated heterocycles. The maximum atomic E-state index is 13.2. The van der Waals surface area contributed by atoms with E-state index >= 15 is 0 Å². The van der Waals surface area contributed by atoms with Gasteiger partial charge in [-0.25, -0.2) is 0 Å². The molecule has 1 N–H and O–H groups in total. The quantitative estimate of drug-likeness (QED) is 0.819. The summed E-state index contributed by atoms with van der Waals surface area (Å²) >= 11 is 13.1. The minimum atomic E-state index is -4.46. The Kier molecular flexibility index (Phi) is 5.14. The molecule has 0 spiro atoms. The predicted molar refractivity (Wildman–Crippen MR) is 79.1 cm³/mol. The lowest BCUT2D eigenvalue weighted by molar-refractivity contribution is -0.138. The molecule has 0 aliphatic rings. The molecule has 1 unspecified atom stereocenters. The van der Waals surface area contributed by atoms with Crippen molar-refractivity contribution >= 4 is 34.5 Å². The molecule has 2 aromatic rings. The summed E-state index contributed by atoms with van der Waals surface area (Å²) in [5, 5.41) is 3.01. The third-order valence-electron chi connectivity index (χ3n) is 2.87. The number of nitrogens with zero attached hydrogens (tertiary/aromatic N) is 1. The van der Waals surface area contributed by atoms with Gasteiger partial charge in [0.2, 0.25) is 0 Å². The molecule has 8 heteroatoms. The first kappa shape index (κ1) is 16.5. The number of rotatable bonds is 4. The van der Waals surface area contributed by atoms with Crippen LogP contribution in [0.1, 0.15) is 29.7 Å². The lowest BCUT2D eigenvalue weighted by Gasteiger charge is -2.21. The van der Waals surface area contributed by atoms with Gasteiger partial charge < -0.3 is 5.32 Å². The molecule has 1 atom stereocenters. The van der Waals surface area contributed by atoms with Crippen molar-refractivity contribution in [1.29, 1.82) is 0 Å². The highest BCUT2D eigenvalue weighted by atomic mass is 35.5. The summed E-state index contributed by atoms with van der Waals surface area (Å²) in [7, 11) is 0. The molecule has 0 bridgehead atoms. The lowest BCUT2D eigenvalue weighted by Crippen LogP contribution is -2.25. The summed E-state index contributed by atoms with van der Waals surface area (Å²) in [5.74, 6) is 0. The van der Waals surface area contributed by atoms with Gasteiger partial charge in [0.1, 0.15) is 0 Å². The molecule has 0 aromatic carbocycles. The van der Waals surface area contributed by atoms with Crippen molar-refractivity contribution in [2.45, 2.75) is 19.1 Å². The fraction of sp³-hybridized carbons (Fsp3) is 0.308. The highest BCUT2D eigenvalue weighted by Crippen LogP contribution is 2.41. The van der Waals surface area contributed by atoms with E-state index in [1.54, 1.807) is 13.0 Å². The standard InChI is InChI=1S/C13H11Cl2F3N2S/c1-2-20-11(7-5-10(14)21-12(7)15)8-6-19-4-3-9(8)13(16,17)18/h3-6,11,20H,2H2,1H3. The first-order valence-corrected chi connectivity index (χ1v) is 7.61. The van der Waals surface area contributed by atoms with E-state index in [9.17, 15) is 13.2 Å². The molecule has 2 rings (SSSR count). The van der Waals surface area contributed by atoms with E-state index in [-0.39, 0.29) is 5.56 Å². The van der Waals surface area contributed by atoms with Crippen LogP contribution in [0.15, 0.2) is 24.5 Å². The Bertz CT molecular complexity index is 628. The molecule has 2 aromatic heterocycles. The first-order chi connectivity index (χ1) is 9.84. The molecule has 2 nitrogen and oxygen atoms in total. The maximum Gasteiger partial charge on any atom is 0.416 e. The van der Waals surface area contributed by atoms with Crippen molar-refractivity contribution in [3.63, 3.8) is 0 Å². The molecule has 0 radical (unpaired) electrons. The van der Waals surface area contributed by atoms with E-state index in [0.29, 0.717) is 20.8 Å². The number of halogens is 5. The normalized spacial score (nSPS) is 13.4. The van der Waals surface area contributed by atoms with Crippen LogP contribution in [0.3, 0.4) is 0 Å². The second-order valence-corrected chi connectivity index (χ2v) is 6.52. The molecule has 0 aliphatic carbocycles. The molecule has 114 valence electrons. The van der Waals surface area contributed by atoms with Crippen LogP contribution in [-0.4, -0.2) is 11.5 Å². The van der Waals surface area contributed by atoms with E-state index in [1.165, 1.54) is 6.20 Å². The molecule has 0 aliphatic heterocycles. The van der Waals surface area contributed by atoms with Gasteiger partial charge in [-0.2, -0.15) is 13.2 Å². The van der Waals surface area contributed by atoms with E-state index in [1.807, 2.05) is 0 Å². The maximum absolute atomic E-state index is 13.2. The van der Waals surface area contributed by atoms with Crippen molar-refractivity contribution in [1.82, 2.24) is 10.3 Å². The van der Waals surface area contributed by atoms with Gasteiger partial charge in [0.05, 0.1) is 20.3 Å². The average molecular weight is 355 g/mol. The second kappa shape index (κ2) is 6.52. The number of alkyl halides is 3. The second-order valence-electron chi connectivity index (χ2n) is 4.23. The fourth-order valence-corrected chi connectivity index (χ4v) is 3.57. The Hall–Kier alpha value is -0.820. The minimum absolute atomic E-state index is 0.0308. The lowest BCUT2D eigenvalue weighted by atomic mass is 9.97. The zero-order valence-electron chi connectivity index (χ0n) is 10.8. The zero-order chi connectivity index (χ0) is 15.6. The summed E-state index contributed by atoms with van der Waals surface area (Å²) in [6, 6.07) is 1.83. The van der Waals surface area contributed by atoms with Crippen LogP contribution in [0.2, 0.25) is 8.67 Å². The zero-order valence-corrected chi connectivity index (χ0v) is 13.2. The molecule has 0 saturated carbocycles. The average Bonchev–Trinajstić information content (AvgIpc) is 2.74. The number of hydrogen-bond acceptors (Lipinski definition) is 3. The number of nitrogens with one attached hydrogen (secondary N) is 1. The SMILES string of the molecule is CCNC(c1cnccc1C(F)(F)F)c1cc(Cl)sc1Cl. The smallest absolute Gasteiger partial charge is 0.306 e. The van der Waals surface area contributed by atoms with Crippen LogP contribution in [0.25, 0.3) is 0 Å². The monoisotopic (exact) mass is 354 g/mol. The topological polar surface area (TPSA) is 24.9 Å². The summed E-state index contributed by atoms with van der Waals surface area (Å²) in [5.41, 5.74) is -0.183. The molecular formula is C13H11Cl2F3N2S. The fourth-order valence-electron chi connectivity index (χ4n) is 2.04. The number of aromatic nitrogens is 1. The van der Waals surface area contributed by atoms with Crippen LogP contribution in [-0.2, 0) is 6.18 Å². The number of hydrogen-bond donors (Lipinski definition) is 1. The van der Waals surface area contributed by atoms with Gasteiger partial charge in [0, 0.05) is 23.5 Å². The van der Waals surface area contributed by atoms with Gasteiger partial charge in [-0.15, -0.1) is 11.3 Å². The van der Waals surface area contributed by atoms with Crippen molar-refractivity contribution < 1.29 is 13.2 Å². The summed E-state index contributed by atoms with van der Waals surface area (Å²) in [6.07, 6.45) is -2.13. The van der Waals surface area contributed by atoms with Crippen LogP contribution < -0.4 is 5.32 Å². The Morgan fingerprint density at radius 2 is 2.05 bits per heavy atom. The van der Waals surface area contributed by atoms with Gasteiger partial charge in [-0.3, -0.25) is 4.98 Å². The Labute approximate surface area is 133 Å². The van der Waals surface area contributed by atoms with Crippen molar-refractivity contribution in [3.05, 3.63) is 49.9 Å². The van der Waals surface area contributed by atoms with E-state index in [2.05, 4.69) is 10.3 Å². The van der Waals surface area contributed by atoms with E-state index in [4.69, 9.17) is 23.2 Å². The van der Waals surface area contributed by atoms with Crippen LogP contribution in [0, 0.1) is 0 Å². The van der Waals surface area contributed by atoms with Crippen molar-refractivity contribution in [2.24, 2.45) is 0 Å². The third kappa shape index (κ3) is 3.69. The third-order valence-corrected chi connectivity index (χ3v) is 4.39. The van der Waals surface area contributed by atoms with Gasteiger partial charge in [-0.1, -0.05) is 30.1 Å². The summed E-state index contributed by atoms with van der Waals surface area (Å²) in [6.45, 7) is 2.28. The van der Waals surface area contributed by atoms with Crippen LogP contribution in [0.4, 0.5) is 13.2 Å². The van der Waals surface area contributed by atoms with Gasteiger partial charge in [0.15, 0.2) is 0 Å². The first-order valence-electron chi connectivity index (χ1n) is 6.03. The van der Waals surface area contributed by atoms with Gasteiger partial charge in [0.25, 0.3) is 0 Å². The molecule has 21 heavy (non-hydrogen) atoms. The highest BCUT2D eigenvalue weighted by Gasteiger charge is 2.36. The highest BCUT2D eigenvalue weighted by molar-refractivity contribution is 7.20. The molecular weight excluding hydrogens is 344 g/mol. The molecule has 0 fully saturated rings. The summed E-state index contributed by atoms with van der Waals surface area (Å²) in [4.78, 5) is 3.81. The number of thiophene rings is 1. The Morgan fingerprint density at radius 1 is 1.33 bits per heavy atom. The van der Waals surface area contributed by atoms with Crippen molar-refractivity contribution in [3.8, 4) is 0 Å². The predicted octanol–water partition coefficient (Wildman–Crippen LogP) is 5.17. The van der Waals surface area contributed by atoms with E-state index in [0.717, 1.165) is 23.6 Å². The van der Waals surface area contributed by atoms with Crippen LogP contribution >= 0.6 is 34.5 Å². The Morgan fingerprint density at radius 3 is 2.57 bits per heavy atom. The summed E-state index contributed by atoms with van der Waals surface area (Å²) < 4.78 is 40.3. The van der Waals surface area contributed by atoms with Crippen LogP contribution in [0.5, 0.6) is 0 Å². The molecule has 0 amide bonds. The molecule has 2 heterocycles. The van der Waals surface area contributed by atoms with E-state index < -0.39 is 17.8 Å². The van der Waals surface area contributed by atoms with Crippen molar-refractivity contribution in [2.75, 3.05) is 6.54 Å². The van der Waals surface area contributed by atoms with Gasteiger partial charge >= 0.3 is 6.18 Å². The largest absolute Gasteiger partial charge is 0.416 e. The van der Waals surface area contributed by atoms with Gasteiger partial charge in [-0.05, 0) is 18.7 Å².